The minimum atomic E-state index is -0.233. The Morgan fingerprint density at radius 2 is 1.90 bits per heavy atom. The van der Waals surface area contributed by atoms with E-state index in [1.165, 1.54) is 4.70 Å². The van der Waals surface area contributed by atoms with E-state index in [0.717, 1.165) is 41.4 Å². The molecule has 1 atom stereocenters. The van der Waals surface area contributed by atoms with Crippen molar-refractivity contribution < 1.29 is 4.79 Å². The molecule has 160 valence electrons. The van der Waals surface area contributed by atoms with E-state index in [9.17, 15) is 4.79 Å². The fraction of sp³-hybridized carbons (Fsp3) is 0.522. The van der Waals surface area contributed by atoms with E-state index in [-0.39, 0.29) is 23.0 Å². The van der Waals surface area contributed by atoms with E-state index in [2.05, 4.69) is 52.9 Å². The SMILES string of the molecule is CC(C)(C)c1cc(NC(=O)N2CCC[C@@H]2c2nc3ccccc3s2)n(C(C)(C)C)n1. The summed E-state index contributed by atoms with van der Waals surface area (Å²) in [6, 6.07) is 10.1. The number of hydrogen-bond acceptors (Lipinski definition) is 4. The molecule has 30 heavy (non-hydrogen) atoms. The maximum Gasteiger partial charge on any atom is 0.323 e. The minimum absolute atomic E-state index is 0.0236. The summed E-state index contributed by atoms with van der Waals surface area (Å²) in [5, 5.41) is 8.98. The summed E-state index contributed by atoms with van der Waals surface area (Å²) in [4.78, 5) is 20.0. The lowest BCUT2D eigenvalue weighted by atomic mass is 9.92. The first-order valence-electron chi connectivity index (χ1n) is 10.6. The van der Waals surface area contributed by atoms with E-state index in [1.807, 2.05) is 33.8 Å². The lowest BCUT2D eigenvalue weighted by Crippen LogP contribution is -2.36. The van der Waals surface area contributed by atoms with Crippen LogP contribution < -0.4 is 5.32 Å². The van der Waals surface area contributed by atoms with Gasteiger partial charge in [0.1, 0.15) is 10.8 Å². The number of benzene rings is 1. The monoisotopic (exact) mass is 425 g/mol. The summed E-state index contributed by atoms with van der Waals surface area (Å²) in [7, 11) is 0. The van der Waals surface area contributed by atoms with Crippen LogP contribution in [0.15, 0.2) is 30.3 Å². The first-order valence-corrected chi connectivity index (χ1v) is 11.4. The number of amides is 2. The molecular formula is C23H31N5OS. The third-order valence-corrected chi connectivity index (χ3v) is 6.59. The summed E-state index contributed by atoms with van der Waals surface area (Å²) >= 11 is 1.69. The summed E-state index contributed by atoms with van der Waals surface area (Å²) in [6.07, 6.45) is 1.93. The van der Waals surface area contributed by atoms with Crippen molar-refractivity contribution in [1.82, 2.24) is 19.7 Å². The van der Waals surface area contributed by atoms with Gasteiger partial charge in [0.2, 0.25) is 0 Å². The number of likely N-dealkylation sites (tertiary alicyclic amines) is 1. The molecule has 1 fully saturated rings. The fourth-order valence-corrected chi connectivity index (χ4v) is 4.94. The van der Waals surface area contributed by atoms with Crippen molar-refractivity contribution in [2.45, 2.75) is 71.4 Å². The topological polar surface area (TPSA) is 63.1 Å². The molecule has 0 unspecified atom stereocenters. The van der Waals surface area contributed by atoms with Crippen molar-refractivity contribution in [3.05, 3.63) is 41.0 Å². The molecule has 1 aliphatic heterocycles. The first-order chi connectivity index (χ1) is 14.0. The zero-order chi connectivity index (χ0) is 21.7. The molecule has 2 aromatic heterocycles. The lowest BCUT2D eigenvalue weighted by Gasteiger charge is -2.26. The predicted octanol–water partition coefficient (Wildman–Crippen LogP) is 5.91. The summed E-state index contributed by atoms with van der Waals surface area (Å²) in [6.45, 7) is 13.4. The maximum atomic E-state index is 13.3. The molecule has 6 nitrogen and oxygen atoms in total. The second-order valence-electron chi connectivity index (χ2n) is 10.0. The number of fused-ring (bicyclic) bond motifs is 1. The molecule has 2 amide bonds. The Bertz CT molecular complexity index is 1040. The van der Waals surface area contributed by atoms with Crippen molar-refractivity contribution in [2.75, 3.05) is 11.9 Å². The van der Waals surface area contributed by atoms with Crippen LogP contribution in [0.1, 0.15) is 71.1 Å². The predicted molar refractivity (Wildman–Crippen MR) is 123 cm³/mol. The molecule has 0 spiro atoms. The normalized spacial score (nSPS) is 17.7. The lowest BCUT2D eigenvalue weighted by molar-refractivity contribution is 0.206. The number of anilines is 1. The highest BCUT2D eigenvalue weighted by Crippen LogP contribution is 2.37. The zero-order valence-electron chi connectivity index (χ0n) is 18.7. The largest absolute Gasteiger partial charge is 0.323 e. The second kappa shape index (κ2) is 7.38. The molecular weight excluding hydrogens is 394 g/mol. The van der Waals surface area contributed by atoms with Gasteiger partial charge in [-0.05, 0) is 45.7 Å². The first kappa shape index (κ1) is 20.8. The van der Waals surface area contributed by atoms with Gasteiger partial charge in [-0.1, -0.05) is 32.9 Å². The fourth-order valence-electron chi connectivity index (χ4n) is 3.83. The van der Waals surface area contributed by atoms with Crippen LogP contribution in [0.4, 0.5) is 10.6 Å². The minimum Gasteiger partial charge on any atom is -0.315 e. The van der Waals surface area contributed by atoms with Crippen LogP contribution in [0, 0.1) is 0 Å². The van der Waals surface area contributed by atoms with E-state index < -0.39 is 0 Å². The standard InChI is InChI=1S/C23H31N5OS/c1-22(2,3)18-14-19(28(26-18)23(4,5)6)25-21(29)27-13-9-11-16(27)20-24-15-10-7-8-12-17(15)30-20/h7-8,10,12,14,16H,9,11,13H2,1-6H3,(H,25,29)/t16-/m1/s1. The number of rotatable bonds is 2. The Balaban J connectivity index is 1.61. The molecule has 3 heterocycles. The van der Waals surface area contributed by atoms with Crippen LogP contribution in [0.3, 0.4) is 0 Å². The Morgan fingerprint density at radius 1 is 1.17 bits per heavy atom. The number of aromatic nitrogens is 3. The third kappa shape index (κ3) is 3.95. The van der Waals surface area contributed by atoms with E-state index in [4.69, 9.17) is 10.1 Å². The zero-order valence-corrected chi connectivity index (χ0v) is 19.5. The number of hydrogen-bond donors (Lipinski definition) is 1. The number of carbonyl (C=O) groups is 1. The highest BCUT2D eigenvalue weighted by Gasteiger charge is 2.34. The van der Waals surface area contributed by atoms with Crippen LogP contribution in [-0.4, -0.2) is 32.2 Å². The van der Waals surface area contributed by atoms with Crippen molar-refractivity contribution in [3.63, 3.8) is 0 Å². The number of thiazole rings is 1. The summed E-state index contributed by atoms with van der Waals surface area (Å²) < 4.78 is 3.09. The Labute approximate surface area is 182 Å². The second-order valence-corrected chi connectivity index (χ2v) is 11.1. The van der Waals surface area contributed by atoms with Crippen LogP contribution in [0.2, 0.25) is 0 Å². The molecule has 0 saturated carbocycles. The van der Waals surface area contributed by atoms with Crippen molar-refractivity contribution >= 4 is 33.4 Å². The van der Waals surface area contributed by atoms with Gasteiger partial charge < -0.3 is 4.90 Å². The Morgan fingerprint density at radius 3 is 2.57 bits per heavy atom. The van der Waals surface area contributed by atoms with Gasteiger partial charge in [-0.15, -0.1) is 11.3 Å². The number of carbonyl (C=O) groups excluding carboxylic acids is 1. The molecule has 1 saturated heterocycles. The van der Waals surface area contributed by atoms with Gasteiger partial charge >= 0.3 is 6.03 Å². The molecule has 1 aromatic carbocycles. The van der Waals surface area contributed by atoms with Gasteiger partial charge in [0, 0.05) is 18.0 Å². The van der Waals surface area contributed by atoms with E-state index in [1.54, 1.807) is 11.3 Å². The molecule has 0 radical (unpaired) electrons. The van der Waals surface area contributed by atoms with Crippen molar-refractivity contribution in [3.8, 4) is 0 Å². The van der Waals surface area contributed by atoms with Crippen LogP contribution in [0.5, 0.6) is 0 Å². The number of nitrogens with zero attached hydrogens (tertiary/aromatic N) is 4. The number of para-hydroxylation sites is 1. The van der Waals surface area contributed by atoms with Gasteiger partial charge in [0.25, 0.3) is 0 Å². The van der Waals surface area contributed by atoms with Gasteiger partial charge in [-0.2, -0.15) is 5.10 Å². The Kier molecular flexibility index (Phi) is 5.12. The Hall–Kier alpha value is -2.41. The highest BCUT2D eigenvalue weighted by atomic mass is 32.1. The van der Waals surface area contributed by atoms with Crippen LogP contribution >= 0.6 is 11.3 Å². The average Bonchev–Trinajstić information content (AvgIpc) is 3.37. The molecule has 3 aromatic rings. The van der Waals surface area contributed by atoms with Gasteiger partial charge in [0.15, 0.2) is 0 Å². The molecule has 0 aliphatic carbocycles. The number of urea groups is 1. The van der Waals surface area contributed by atoms with E-state index in [0.29, 0.717) is 0 Å². The third-order valence-electron chi connectivity index (χ3n) is 5.46. The van der Waals surface area contributed by atoms with E-state index >= 15 is 0 Å². The van der Waals surface area contributed by atoms with Crippen LogP contribution in [-0.2, 0) is 11.0 Å². The van der Waals surface area contributed by atoms with Crippen molar-refractivity contribution in [2.24, 2.45) is 0 Å². The quantitative estimate of drug-likeness (QED) is 0.555. The van der Waals surface area contributed by atoms with Gasteiger partial charge in [0.05, 0.1) is 27.5 Å². The summed E-state index contributed by atoms with van der Waals surface area (Å²) in [5.74, 6) is 0.743. The van der Waals surface area contributed by atoms with Crippen molar-refractivity contribution in [1.29, 1.82) is 0 Å². The summed E-state index contributed by atoms with van der Waals surface area (Å²) in [5.41, 5.74) is 1.65. The van der Waals surface area contributed by atoms with Crippen LogP contribution in [0.25, 0.3) is 10.2 Å². The average molecular weight is 426 g/mol. The smallest absolute Gasteiger partial charge is 0.315 e. The number of nitrogens with one attached hydrogen (secondary N) is 1. The molecule has 0 bridgehead atoms. The van der Waals surface area contributed by atoms with Gasteiger partial charge in [-0.25, -0.2) is 14.5 Å². The molecule has 7 heteroatoms. The molecule has 4 rings (SSSR count). The maximum absolute atomic E-state index is 13.3. The highest BCUT2D eigenvalue weighted by molar-refractivity contribution is 7.18. The molecule has 1 aliphatic rings. The molecule has 1 N–H and O–H groups in total. The van der Waals surface area contributed by atoms with Gasteiger partial charge in [-0.3, -0.25) is 5.32 Å².